The molecule has 4 heteroatoms. The molecule has 2 nitrogen and oxygen atoms in total. The second-order valence-corrected chi connectivity index (χ2v) is 3.19. The number of aliphatic hydroxyl groups is 1. The maximum absolute atomic E-state index is 9.03. The van der Waals surface area contributed by atoms with Crippen LogP contribution < -0.4 is 0 Å². The minimum Gasteiger partial charge on any atom is -0.396 e. The van der Waals surface area contributed by atoms with Gasteiger partial charge in [-0.3, -0.25) is 0 Å². The van der Waals surface area contributed by atoms with Crippen LogP contribution in [0.25, 0.3) is 0 Å². The summed E-state index contributed by atoms with van der Waals surface area (Å²) in [6, 6.07) is 9.88. The first kappa shape index (κ1) is 13.6. The van der Waals surface area contributed by atoms with Gasteiger partial charge in [-0.25, -0.2) is 0 Å². The first-order valence-electron chi connectivity index (χ1n) is 3.78. The summed E-state index contributed by atoms with van der Waals surface area (Å²) in [5, 5.41) is 9.03. The van der Waals surface area contributed by atoms with E-state index in [0.717, 1.165) is 5.56 Å². The molecular weight excluding hydrogens is 462 g/mol. The molecule has 1 atom stereocenters. The van der Waals surface area contributed by atoms with E-state index in [1.807, 2.05) is 53.3 Å². The Labute approximate surface area is 107 Å². The predicted molar refractivity (Wildman–Crippen MR) is 56.2 cm³/mol. The summed E-state index contributed by atoms with van der Waals surface area (Å²) < 4.78 is 4.96. The Kier molecular flexibility index (Phi) is 8.26. The molecule has 1 aromatic carbocycles. The Morgan fingerprint density at radius 2 is 1.92 bits per heavy atom. The monoisotopic (exact) mass is 473 g/mol. The number of halogens is 1. The molecule has 0 radical (unpaired) electrons. The van der Waals surface area contributed by atoms with Gasteiger partial charge in [0.15, 0.2) is 0 Å². The molecule has 0 bridgehead atoms. The van der Waals surface area contributed by atoms with Gasteiger partial charge in [0.25, 0.3) is 0 Å². The van der Waals surface area contributed by atoms with Crippen LogP contribution in [0.15, 0.2) is 30.3 Å². The Hall–Kier alpha value is 0.558. The zero-order chi connectivity index (χ0) is 8.81. The van der Waals surface area contributed by atoms with Crippen molar-refractivity contribution in [3.05, 3.63) is 35.9 Å². The van der Waals surface area contributed by atoms with Crippen molar-refractivity contribution in [1.29, 1.82) is 0 Å². The molecule has 0 fully saturated rings. The van der Waals surface area contributed by atoms with Gasteiger partial charge in [-0.2, -0.15) is 0 Å². The van der Waals surface area contributed by atoms with Crippen molar-refractivity contribution < 1.29 is 29.2 Å². The summed E-state index contributed by atoms with van der Waals surface area (Å²) in [6.45, 7) is 0.689. The van der Waals surface area contributed by atoms with Crippen LogP contribution in [-0.4, -0.2) is 18.3 Å². The quantitative estimate of drug-likeness (QED) is 0.680. The molecule has 0 aliphatic rings. The zero-order valence-electron chi connectivity index (χ0n) is 6.93. The molecule has 1 N–H and O–H groups in total. The van der Waals surface area contributed by atoms with E-state index in [9.17, 15) is 0 Å². The molecule has 0 amide bonds. The Bertz CT molecular complexity index is 218. The van der Waals surface area contributed by atoms with Crippen molar-refractivity contribution in [2.45, 2.75) is 5.92 Å². The standard InChI is InChI=1S/C9H11IO2.Pt/c10-12-7-9(6-11)8-4-2-1-3-5-8;/h1-5,9,11H,6-7H2;. The average molecular weight is 473 g/mol. The summed E-state index contributed by atoms with van der Waals surface area (Å²) in [4.78, 5) is 0. The van der Waals surface area contributed by atoms with Crippen molar-refractivity contribution in [2.24, 2.45) is 0 Å². The molecule has 0 aliphatic heterocycles. The first-order chi connectivity index (χ1) is 5.88. The van der Waals surface area contributed by atoms with Crippen LogP contribution >= 0.6 is 23.0 Å². The summed E-state index contributed by atoms with van der Waals surface area (Å²) in [5.74, 6) is 0.100. The van der Waals surface area contributed by atoms with Crippen LogP contribution in [0, 0.1) is 0 Å². The average Bonchev–Trinajstić information content (AvgIpc) is 2.15. The van der Waals surface area contributed by atoms with Gasteiger partial charge in [-0.1, -0.05) is 30.3 Å². The minimum absolute atomic E-state index is 0. The van der Waals surface area contributed by atoms with E-state index >= 15 is 0 Å². The van der Waals surface area contributed by atoms with E-state index in [4.69, 9.17) is 8.17 Å². The van der Waals surface area contributed by atoms with Crippen molar-refractivity contribution in [2.75, 3.05) is 13.2 Å². The smallest absolute Gasteiger partial charge is 0.109 e. The largest absolute Gasteiger partial charge is 0.396 e. The molecule has 0 saturated heterocycles. The summed E-state index contributed by atoms with van der Waals surface area (Å²) in [5.41, 5.74) is 1.12. The van der Waals surface area contributed by atoms with Gasteiger partial charge >= 0.3 is 0 Å². The number of benzene rings is 1. The molecule has 13 heavy (non-hydrogen) atoms. The maximum Gasteiger partial charge on any atom is 0.109 e. The van der Waals surface area contributed by atoms with Gasteiger partial charge in [0, 0.05) is 27.0 Å². The molecule has 0 heterocycles. The first-order valence-corrected chi connectivity index (χ1v) is 4.66. The van der Waals surface area contributed by atoms with Crippen molar-refractivity contribution in [3.63, 3.8) is 0 Å². The normalized spacial score (nSPS) is 11.8. The molecule has 0 spiro atoms. The third-order valence-electron chi connectivity index (χ3n) is 1.76. The summed E-state index contributed by atoms with van der Waals surface area (Å²) >= 11 is 1.84. The zero-order valence-corrected chi connectivity index (χ0v) is 11.4. The van der Waals surface area contributed by atoms with E-state index in [2.05, 4.69) is 0 Å². The number of aliphatic hydroxyl groups excluding tert-OH is 1. The molecule has 1 rings (SSSR count). The molecule has 76 valence electrons. The van der Waals surface area contributed by atoms with Crippen molar-refractivity contribution in [1.82, 2.24) is 0 Å². The van der Waals surface area contributed by atoms with E-state index in [0.29, 0.717) is 6.61 Å². The summed E-state index contributed by atoms with van der Waals surface area (Å²) in [7, 11) is 0. The van der Waals surface area contributed by atoms with Gasteiger partial charge in [0.2, 0.25) is 0 Å². The van der Waals surface area contributed by atoms with Gasteiger partial charge in [-0.15, -0.1) is 0 Å². The van der Waals surface area contributed by atoms with E-state index in [1.54, 1.807) is 0 Å². The Balaban J connectivity index is 0.00000144. The molecule has 1 aromatic rings. The Morgan fingerprint density at radius 3 is 2.38 bits per heavy atom. The van der Waals surface area contributed by atoms with Crippen LogP contribution in [0.5, 0.6) is 0 Å². The molecule has 0 aliphatic carbocycles. The van der Waals surface area contributed by atoms with Crippen LogP contribution in [-0.2, 0) is 24.1 Å². The van der Waals surface area contributed by atoms with Crippen LogP contribution in [0.2, 0.25) is 0 Å². The van der Waals surface area contributed by atoms with Crippen LogP contribution in [0.4, 0.5) is 0 Å². The maximum atomic E-state index is 9.03. The topological polar surface area (TPSA) is 29.5 Å². The fourth-order valence-corrected chi connectivity index (χ4v) is 1.49. The third-order valence-corrected chi connectivity index (χ3v) is 2.12. The fraction of sp³-hybridized carbons (Fsp3) is 0.333. The number of rotatable bonds is 4. The molecular formula is C9H11IO2Pt. The van der Waals surface area contributed by atoms with Crippen molar-refractivity contribution in [3.8, 4) is 0 Å². The molecule has 0 saturated carbocycles. The van der Waals surface area contributed by atoms with Gasteiger partial charge in [0.05, 0.1) is 13.2 Å². The van der Waals surface area contributed by atoms with E-state index < -0.39 is 0 Å². The second kappa shape index (κ2) is 7.92. The Morgan fingerprint density at radius 1 is 1.31 bits per heavy atom. The molecule has 0 aromatic heterocycles. The fourth-order valence-electron chi connectivity index (χ4n) is 1.06. The summed E-state index contributed by atoms with van der Waals surface area (Å²) in [6.07, 6.45) is 0. The SMILES string of the molecule is OCC(COI)c1ccccc1.[Pt]. The van der Waals surface area contributed by atoms with Gasteiger partial charge in [-0.05, 0) is 5.56 Å². The van der Waals surface area contributed by atoms with E-state index in [-0.39, 0.29) is 33.6 Å². The molecule has 1 unspecified atom stereocenters. The number of hydrogen-bond acceptors (Lipinski definition) is 2. The third kappa shape index (κ3) is 4.54. The van der Waals surface area contributed by atoms with Crippen molar-refractivity contribution >= 4 is 23.0 Å². The van der Waals surface area contributed by atoms with Gasteiger partial charge < -0.3 is 8.17 Å². The van der Waals surface area contributed by atoms with E-state index in [1.165, 1.54) is 0 Å². The number of hydrogen-bond donors (Lipinski definition) is 1. The second-order valence-electron chi connectivity index (χ2n) is 2.57. The van der Waals surface area contributed by atoms with Crippen LogP contribution in [0.3, 0.4) is 0 Å². The predicted octanol–water partition coefficient (Wildman–Crippen LogP) is 2.13. The van der Waals surface area contributed by atoms with Gasteiger partial charge in [0.1, 0.15) is 23.0 Å². The minimum atomic E-state index is 0. The van der Waals surface area contributed by atoms with Crippen LogP contribution in [0.1, 0.15) is 11.5 Å².